The Balaban J connectivity index is 1.81. The number of amides is 1. The molecular formula is C18H18N4O3. The zero-order chi connectivity index (χ0) is 18.0. The molecule has 0 saturated carbocycles. The molecule has 3 rings (SSSR count). The summed E-state index contributed by atoms with van der Waals surface area (Å²) in [5.74, 6) is -1.70. The second-order valence-corrected chi connectivity index (χ2v) is 5.75. The quantitative estimate of drug-likeness (QED) is 0.747. The number of carbonyl (C=O) groups excluding carboxylic acids is 1. The van der Waals surface area contributed by atoms with Gasteiger partial charge in [0, 0.05) is 31.3 Å². The lowest BCUT2D eigenvalue weighted by Gasteiger charge is -2.15. The van der Waals surface area contributed by atoms with E-state index in [2.05, 4.69) is 10.4 Å². The second-order valence-electron chi connectivity index (χ2n) is 5.75. The molecule has 0 saturated heterocycles. The molecule has 2 aromatic heterocycles. The molecule has 3 aromatic rings. The normalized spacial score (nSPS) is 11.9. The van der Waals surface area contributed by atoms with Crippen molar-refractivity contribution in [2.24, 2.45) is 7.05 Å². The molecule has 0 aliphatic carbocycles. The summed E-state index contributed by atoms with van der Waals surface area (Å²) in [5.41, 5.74) is 1.68. The fourth-order valence-electron chi connectivity index (χ4n) is 2.62. The second kappa shape index (κ2) is 6.64. The average Bonchev–Trinajstić information content (AvgIpc) is 3.24. The van der Waals surface area contributed by atoms with E-state index < -0.39 is 11.9 Å². The highest BCUT2D eigenvalue weighted by atomic mass is 16.4. The molecule has 1 aromatic carbocycles. The molecule has 0 fully saturated rings. The summed E-state index contributed by atoms with van der Waals surface area (Å²) in [6.45, 7) is 1.84. The van der Waals surface area contributed by atoms with Gasteiger partial charge in [-0.25, -0.2) is 4.79 Å². The maximum absolute atomic E-state index is 12.4. The molecule has 0 aliphatic rings. The average molecular weight is 338 g/mol. The highest BCUT2D eigenvalue weighted by Gasteiger charge is 2.22. The first-order valence-corrected chi connectivity index (χ1v) is 7.77. The van der Waals surface area contributed by atoms with Gasteiger partial charge in [-0.2, -0.15) is 5.10 Å². The number of carbonyl (C=O) groups is 2. The lowest BCUT2D eigenvalue weighted by molar-refractivity contribution is 0.0690. The molecule has 1 unspecified atom stereocenters. The standard InChI is InChI=1S/C18H18N4O3/c1-12(13-6-5-7-14(10-13)22-8-3-4-9-22)19-17(23)16-15(18(24)25)11-21(2)20-16/h3-12H,1-2H3,(H,19,23)(H,24,25). The Morgan fingerprint density at radius 1 is 1.20 bits per heavy atom. The number of benzene rings is 1. The minimum atomic E-state index is -1.18. The van der Waals surface area contributed by atoms with Gasteiger partial charge in [0.05, 0.1) is 6.04 Å². The predicted octanol–water partition coefficient (Wildman–Crippen LogP) is 2.40. The molecule has 7 heteroatoms. The van der Waals surface area contributed by atoms with Crippen LogP contribution in [0.25, 0.3) is 5.69 Å². The van der Waals surface area contributed by atoms with E-state index in [1.165, 1.54) is 10.9 Å². The van der Waals surface area contributed by atoms with Crippen LogP contribution in [0, 0.1) is 0 Å². The van der Waals surface area contributed by atoms with Crippen molar-refractivity contribution in [3.63, 3.8) is 0 Å². The molecule has 1 amide bonds. The Morgan fingerprint density at radius 3 is 2.60 bits per heavy atom. The predicted molar refractivity (Wildman–Crippen MR) is 91.8 cm³/mol. The van der Waals surface area contributed by atoms with Crippen molar-refractivity contribution in [2.45, 2.75) is 13.0 Å². The Labute approximate surface area is 144 Å². The lowest BCUT2D eigenvalue weighted by atomic mass is 10.1. The van der Waals surface area contributed by atoms with Gasteiger partial charge in [-0.15, -0.1) is 0 Å². The number of aryl methyl sites for hydroxylation is 1. The van der Waals surface area contributed by atoms with E-state index in [1.807, 2.05) is 60.3 Å². The number of aromatic nitrogens is 3. The molecule has 0 bridgehead atoms. The van der Waals surface area contributed by atoms with Crippen LogP contribution >= 0.6 is 0 Å². The van der Waals surface area contributed by atoms with Crippen molar-refractivity contribution in [3.05, 3.63) is 71.8 Å². The maximum atomic E-state index is 12.4. The summed E-state index contributed by atoms with van der Waals surface area (Å²) < 4.78 is 3.29. The van der Waals surface area contributed by atoms with E-state index in [0.29, 0.717) is 0 Å². The van der Waals surface area contributed by atoms with Crippen molar-refractivity contribution in [1.82, 2.24) is 19.7 Å². The van der Waals surface area contributed by atoms with Crippen LogP contribution in [0.15, 0.2) is 55.0 Å². The van der Waals surface area contributed by atoms with Gasteiger partial charge >= 0.3 is 5.97 Å². The third-order valence-corrected chi connectivity index (χ3v) is 3.89. The van der Waals surface area contributed by atoms with E-state index in [9.17, 15) is 14.7 Å². The molecule has 128 valence electrons. The fraction of sp³-hybridized carbons (Fsp3) is 0.167. The number of carboxylic acid groups (broad SMARTS) is 1. The smallest absolute Gasteiger partial charge is 0.339 e. The molecule has 0 radical (unpaired) electrons. The zero-order valence-corrected chi connectivity index (χ0v) is 13.9. The van der Waals surface area contributed by atoms with Crippen LogP contribution in [0.2, 0.25) is 0 Å². The van der Waals surface area contributed by atoms with Crippen LogP contribution in [0.5, 0.6) is 0 Å². The van der Waals surface area contributed by atoms with E-state index in [0.717, 1.165) is 11.3 Å². The van der Waals surface area contributed by atoms with Gasteiger partial charge in [-0.05, 0) is 36.8 Å². The third kappa shape index (κ3) is 3.45. The molecule has 0 aliphatic heterocycles. The summed E-state index contributed by atoms with van der Waals surface area (Å²) in [6, 6.07) is 11.3. The number of hydrogen-bond donors (Lipinski definition) is 2. The Morgan fingerprint density at radius 2 is 1.92 bits per heavy atom. The first-order chi connectivity index (χ1) is 12.0. The van der Waals surface area contributed by atoms with Gasteiger partial charge in [0.15, 0.2) is 5.69 Å². The van der Waals surface area contributed by atoms with Crippen molar-refractivity contribution in [2.75, 3.05) is 0 Å². The molecule has 0 spiro atoms. The van der Waals surface area contributed by atoms with Crippen molar-refractivity contribution in [3.8, 4) is 5.69 Å². The first kappa shape index (κ1) is 16.5. The van der Waals surface area contributed by atoms with Crippen LogP contribution in [-0.2, 0) is 7.05 Å². The molecule has 7 nitrogen and oxygen atoms in total. The van der Waals surface area contributed by atoms with Gasteiger partial charge in [0.1, 0.15) is 5.56 Å². The summed E-state index contributed by atoms with van der Waals surface area (Å²) >= 11 is 0. The fourth-order valence-corrected chi connectivity index (χ4v) is 2.62. The highest BCUT2D eigenvalue weighted by molar-refractivity contribution is 6.03. The maximum Gasteiger partial charge on any atom is 0.339 e. The summed E-state index contributed by atoms with van der Waals surface area (Å²) in [4.78, 5) is 23.7. The number of nitrogens with zero attached hydrogens (tertiary/aromatic N) is 3. The summed E-state index contributed by atoms with van der Waals surface area (Å²) in [7, 11) is 1.58. The first-order valence-electron chi connectivity index (χ1n) is 7.77. The van der Waals surface area contributed by atoms with Gasteiger partial charge in [0.2, 0.25) is 0 Å². The van der Waals surface area contributed by atoms with E-state index >= 15 is 0 Å². The van der Waals surface area contributed by atoms with E-state index in [4.69, 9.17) is 0 Å². The van der Waals surface area contributed by atoms with Crippen LogP contribution < -0.4 is 5.32 Å². The van der Waals surface area contributed by atoms with Crippen LogP contribution in [0.4, 0.5) is 0 Å². The van der Waals surface area contributed by atoms with Gasteiger partial charge in [-0.3, -0.25) is 9.48 Å². The number of hydrogen-bond acceptors (Lipinski definition) is 3. The highest BCUT2D eigenvalue weighted by Crippen LogP contribution is 2.18. The molecule has 2 N–H and O–H groups in total. The van der Waals surface area contributed by atoms with Crippen LogP contribution in [0.3, 0.4) is 0 Å². The third-order valence-electron chi connectivity index (χ3n) is 3.89. The Kier molecular flexibility index (Phi) is 4.38. The molecular weight excluding hydrogens is 320 g/mol. The Hall–Kier alpha value is -3.35. The lowest BCUT2D eigenvalue weighted by Crippen LogP contribution is -2.28. The van der Waals surface area contributed by atoms with Gasteiger partial charge in [-0.1, -0.05) is 12.1 Å². The van der Waals surface area contributed by atoms with Crippen molar-refractivity contribution in [1.29, 1.82) is 0 Å². The van der Waals surface area contributed by atoms with Gasteiger partial charge in [0.25, 0.3) is 5.91 Å². The van der Waals surface area contributed by atoms with E-state index in [-0.39, 0.29) is 17.3 Å². The molecule has 2 heterocycles. The Bertz CT molecular complexity index is 912. The number of aromatic carboxylic acids is 1. The summed E-state index contributed by atoms with van der Waals surface area (Å²) in [5, 5.41) is 15.9. The largest absolute Gasteiger partial charge is 0.478 e. The molecule has 1 atom stereocenters. The molecule has 25 heavy (non-hydrogen) atoms. The minimum absolute atomic E-state index is 0.0941. The van der Waals surface area contributed by atoms with Crippen LogP contribution in [-0.4, -0.2) is 31.3 Å². The zero-order valence-electron chi connectivity index (χ0n) is 13.9. The van der Waals surface area contributed by atoms with Crippen LogP contribution in [0.1, 0.15) is 39.4 Å². The topological polar surface area (TPSA) is 89.2 Å². The SMILES string of the molecule is CC(NC(=O)c1nn(C)cc1C(=O)O)c1cccc(-n2cccc2)c1. The monoisotopic (exact) mass is 338 g/mol. The van der Waals surface area contributed by atoms with Crippen molar-refractivity contribution >= 4 is 11.9 Å². The number of nitrogens with one attached hydrogen (secondary N) is 1. The number of carboxylic acids is 1. The van der Waals surface area contributed by atoms with E-state index in [1.54, 1.807) is 7.05 Å². The van der Waals surface area contributed by atoms with Crippen molar-refractivity contribution < 1.29 is 14.7 Å². The minimum Gasteiger partial charge on any atom is -0.478 e. The van der Waals surface area contributed by atoms with Gasteiger partial charge < -0.3 is 15.0 Å². The summed E-state index contributed by atoms with van der Waals surface area (Å²) in [6.07, 6.45) is 5.19. The number of rotatable bonds is 5.